The highest BCUT2D eigenvalue weighted by Crippen LogP contribution is 2.24. The summed E-state index contributed by atoms with van der Waals surface area (Å²) in [5.74, 6) is 0. The maximum absolute atomic E-state index is 11.0. The van der Waals surface area contributed by atoms with E-state index in [1.165, 1.54) is 6.07 Å². The van der Waals surface area contributed by atoms with Crippen LogP contribution in [-0.4, -0.2) is 9.49 Å². The van der Waals surface area contributed by atoms with Crippen molar-refractivity contribution in [2.75, 3.05) is 0 Å². The Labute approximate surface area is 119 Å². The standard InChI is InChI=1S/C13H14BrN3O2/c1-9(15)10-4-5-16(7-10)8-11-2-3-12(14)6-13(11)17(18)19/h2-7,9H,8,15H2,1H3. The lowest BCUT2D eigenvalue weighted by Crippen LogP contribution is -2.04. The molecular weight excluding hydrogens is 310 g/mol. The molecule has 19 heavy (non-hydrogen) atoms. The molecule has 2 aromatic rings. The van der Waals surface area contributed by atoms with Crippen molar-refractivity contribution in [2.24, 2.45) is 5.73 Å². The molecule has 0 amide bonds. The summed E-state index contributed by atoms with van der Waals surface area (Å²) in [6, 6.07) is 6.97. The Bertz CT molecular complexity index is 608. The average Bonchev–Trinajstić information content (AvgIpc) is 2.80. The molecule has 0 spiro atoms. The highest BCUT2D eigenvalue weighted by molar-refractivity contribution is 9.10. The van der Waals surface area contributed by atoms with E-state index in [1.54, 1.807) is 12.1 Å². The predicted octanol–water partition coefficient (Wildman–Crippen LogP) is 3.23. The van der Waals surface area contributed by atoms with Crippen LogP contribution in [0.4, 0.5) is 5.69 Å². The molecule has 2 rings (SSSR count). The summed E-state index contributed by atoms with van der Waals surface area (Å²) in [7, 11) is 0. The molecule has 1 heterocycles. The van der Waals surface area contributed by atoms with Gasteiger partial charge in [-0.2, -0.15) is 0 Å². The lowest BCUT2D eigenvalue weighted by molar-refractivity contribution is -0.385. The zero-order valence-corrected chi connectivity index (χ0v) is 12.0. The van der Waals surface area contributed by atoms with Crippen molar-refractivity contribution in [3.8, 4) is 0 Å². The van der Waals surface area contributed by atoms with E-state index in [-0.39, 0.29) is 16.7 Å². The van der Waals surface area contributed by atoms with E-state index in [1.807, 2.05) is 30.0 Å². The van der Waals surface area contributed by atoms with Gasteiger partial charge in [0.25, 0.3) is 5.69 Å². The number of aromatic nitrogens is 1. The van der Waals surface area contributed by atoms with E-state index in [0.717, 1.165) is 5.56 Å². The fourth-order valence-electron chi connectivity index (χ4n) is 1.86. The lowest BCUT2D eigenvalue weighted by atomic mass is 10.2. The minimum Gasteiger partial charge on any atom is -0.349 e. The summed E-state index contributed by atoms with van der Waals surface area (Å²) in [5, 5.41) is 11.0. The van der Waals surface area contributed by atoms with E-state index in [2.05, 4.69) is 15.9 Å². The molecule has 0 aliphatic rings. The van der Waals surface area contributed by atoms with Gasteiger partial charge in [0.15, 0.2) is 0 Å². The first-order valence-electron chi connectivity index (χ1n) is 5.81. The molecule has 0 saturated carbocycles. The molecule has 1 atom stereocenters. The van der Waals surface area contributed by atoms with Crippen LogP contribution in [0, 0.1) is 10.1 Å². The zero-order chi connectivity index (χ0) is 14.0. The van der Waals surface area contributed by atoms with Crippen LogP contribution >= 0.6 is 15.9 Å². The molecule has 6 heteroatoms. The minimum absolute atomic E-state index is 0.0406. The van der Waals surface area contributed by atoms with Crippen LogP contribution in [-0.2, 0) is 6.54 Å². The van der Waals surface area contributed by atoms with Crippen molar-refractivity contribution in [1.82, 2.24) is 4.57 Å². The van der Waals surface area contributed by atoms with Crippen LogP contribution in [0.5, 0.6) is 0 Å². The summed E-state index contributed by atoms with van der Waals surface area (Å²) < 4.78 is 2.60. The van der Waals surface area contributed by atoms with E-state index in [0.29, 0.717) is 16.6 Å². The number of nitrogens with zero attached hydrogens (tertiary/aromatic N) is 2. The number of benzene rings is 1. The molecule has 100 valence electrons. The molecule has 0 radical (unpaired) electrons. The Morgan fingerprint density at radius 2 is 2.21 bits per heavy atom. The van der Waals surface area contributed by atoms with E-state index in [4.69, 9.17) is 5.73 Å². The Morgan fingerprint density at radius 3 is 2.79 bits per heavy atom. The molecule has 0 aliphatic carbocycles. The van der Waals surface area contributed by atoms with Gasteiger partial charge in [-0.1, -0.05) is 15.9 Å². The molecule has 0 aliphatic heterocycles. The molecule has 2 N–H and O–H groups in total. The molecule has 5 nitrogen and oxygen atoms in total. The first-order valence-corrected chi connectivity index (χ1v) is 6.60. The monoisotopic (exact) mass is 323 g/mol. The zero-order valence-electron chi connectivity index (χ0n) is 10.4. The number of hydrogen-bond acceptors (Lipinski definition) is 3. The summed E-state index contributed by atoms with van der Waals surface area (Å²) in [6.45, 7) is 2.36. The van der Waals surface area contributed by atoms with Gasteiger partial charge in [0.1, 0.15) is 0 Å². The smallest absolute Gasteiger partial charge is 0.275 e. The molecule has 1 aromatic carbocycles. The van der Waals surface area contributed by atoms with Crippen LogP contribution in [0.25, 0.3) is 0 Å². The van der Waals surface area contributed by atoms with Crippen LogP contribution in [0.1, 0.15) is 24.1 Å². The fourth-order valence-corrected chi connectivity index (χ4v) is 2.21. The third-order valence-electron chi connectivity index (χ3n) is 2.90. The van der Waals surface area contributed by atoms with Gasteiger partial charge in [0, 0.05) is 34.5 Å². The maximum Gasteiger partial charge on any atom is 0.275 e. The third kappa shape index (κ3) is 3.21. The van der Waals surface area contributed by atoms with Gasteiger partial charge in [0.2, 0.25) is 0 Å². The second-order valence-electron chi connectivity index (χ2n) is 4.44. The quantitative estimate of drug-likeness (QED) is 0.693. The summed E-state index contributed by atoms with van der Waals surface area (Å²) >= 11 is 3.25. The van der Waals surface area contributed by atoms with Crippen LogP contribution in [0.15, 0.2) is 41.1 Å². The van der Waals surface area contributed by atoms with Crippen molar-refractivity contribution in [3.63, 3.8) is 0 Å². The summed E-state index contributed by atoms with van der Waals surface area (Å²) in [4.78, 5) is 10.7. The number of nitrogens with two attached hydrogens (primary N) is 1. The van der Waals surface area contributed by atoms with Gasteiger partial charge < -0.3 is 10.3 Å². The average molecular weight is 324 g/mol. The number of rotatable bonds is 4. The minimum atomic E-state index is -0.365. The van der Waals surface area contributed by atoms with E-state index >= 15 is 0 Å². The lowest BCUT2D eigenvalue weighted by Gasteiger charge is -2.05. The normalized spacial score (nSPS) is 12.4. The first-order chi connectivity index (χ1) is 8.97. The van der Waals surface area contributed by atoms with E-state index < -0.39 is 0 Å². The van der Waals surface area contributed by atoms with Gasteiger partial charge in [-0.15, -0.1) is 0 Å². The number of hydrogen-bond donors (Lipinski definition) is 1. The Balaban J connectivity index is 2.29. The first kappa shape index (κ1) is 13.8. The van der Waals surface area contributed by atoms with Gasteiger partial charge in [-0.3, -0.25) is 10.1 Å². The highest BCUT2D eigenvalue weighted by atomic mass is 79.9. The van der Waals surface area contributed by atoms with Gasteiger partial charge >= 0.3 is 0 Å². The topological polar surface area (TPSA) is 74.1 Å². The second kappa shape index (κ2) is 5.54. The van der Waals surface area contributed by atoms with Crippen molar-refractivity contribution in [1.29, 1.82) is 0 Å². The van der Waals surface area contributed by atoms with E-state index in [9.17, 15) is 10.1 Å². The summed E-state index contributed by atoms with van der Waals surface area (Å²) in [5.41, 5.74) is 7.59. The van der Waals surface area contributed by atoms with Crippen molar-refractivity contribution >= 4 is 21.6 Å². The molecule has 0 fully saturated rings. The van der Waals surface area contributed by atoms with Crippen LogP contribution in [0.2, 0.25) is 0 Å². The van der Waals surface area contributed by atoms with Gasteiger partial charge in [-0.05, 0) is 30.7 Å². The molecular formula is C13H14BrN3O2. The molecule has 1 aromatic heterocycles. The number of nitro groups is 1. The fraction of sp³-hybridized carbons (Fsp3) is 0.231. The summed E-state index contributed by atoms with van der Waals surface area (Å²) in [6.07, 6.45) is 3.79. The van der Waals surface area contributed by atoms with Gasteiger partial charge in [0.05, 0.1) is 11.5 Å². The van der Waals surface area contributed by atoms with Crippen LogP contribution < -0.4 is 5.73 Å². The van der Waals surface area contributed by atoms with Crippen molar-refractivity contribution < 1.29 is 4.92 Å². The third-order valence-corrected chi connectivity index (χ3v) is 3.39. The van der Waals surface area contributed by atoms with Crippen molar-refractivity contribution in [2.45, 2.75) is 19.5 Å². The predicted molar refractivity (Wildman–Crippen MR) is 76.9 cm³/mol. The number of nitro benzene ring substituents is 1. The molecule has 0 bridgehead atoms. The van der Waals surface area contributed by atoms with Gasteiger partial charge in [-0.25, -0.2) is 0 Å². The second-order valence-corrected chi connectivity index (χ2v) is 5.35. The highest BCUT2D eigenvalue weighted by Gasteiger charge is 2.14. The molecule has 1 unspecified atom stereocenters. The van der Waals surface area contributed by atoms with Crippen LogP contribution in [0.3, 0.4) is 0 Å². The largest absolute Gasteiger partial charge is 0.349 e. The Hall–Kier alpha value is -1.66. The SMILES string of the molecule is CC(N)c1ccn(Cc2ccc(Br)cc2[N+](=O)[O-])c1. The Kier molecular flexibility index (Phi) is 4.01. The maximum atomic E-state index is 11.0. The van der Waals surface area contributed by atoms with Crippen molar-refractivity contribution in [3.05, 3.63) is 62.4 Å². The molecule has 0 saturated heterocycles. The number of halogens is 1. The Morgan fingerprint density at radius 1 is 1.47 bits per heavy atom.